The van der Waals surface area contributed by atoms with Crippen molar-refractivity contribution in [3.8, 4) is 5.75 Å². The van der Waals surface area contributed by atoms with Crippen molar-refractivity contribution >= 4 is 11.7 Å². The van der Waals surface area contributed by atoms with Crippen LogP contribution < -0.4 is 5.32 Å². The highest BCUT2D eigenvalue weighted by Crippen LogP contribution is 2.29. The molecular formula is C17H20N2O2. The van der Waals surface area contributed by atoms with Gasteiger partial charge < -0.3 is 10.4 Å². The molecule has 1 heterocycles. The first-order chi connectivity index (χ1) is 10.1. The van der Waals surface area contributed by atoms with Crippen LogP contribution in [0.5, 0.6) is 5.75 Å². The number of aromatic hydroxyl groups is 1. The molecule has 4 nitrogen and oxygen atoms in total. The summed E-state index contributed by atoms with van der Waals surface area (Å²) in [5.74, 6) is -0.0473. The number of amides is 1. The molecule has 0 aliphatic carbocycles. The Bertz CT molecular complexity index is 599. The van der Waals surface area contributed by atoms with E-state index in [1.165, 1.54) is 12.3 Å². The van der Waals surface area contributed by atoms with Crippen molar-refractivity contribution in [3.05, 3.63) is 54.2 Å². The molecule has 0 aliphatic rings. The molecule has 0 aliphatic heterocycles. The lowest BCUT2D eigenvalue weighted by Crippen LogP contribution is -2.26. The van der Waals surface area contributed by atoms with E-state index in [1.54, 1.807) is 6.07 Å². The van der Waals surface area contributed by atoms with E-state index in [1.807, 2.05) is 30.3 Å². The van der Waals surface area contributed by atoms with E-state index in [0.717, 1.165) is 12.0 Å². The first kappa shape index (κ1) is 15.0. The predicted molar refractivity (Wildman–Crippen MR) is 83.2 cm³/mol. The smallest absolute Gasteiger partial charge is 0.233 e. The monoisotopic (exact) mass is 284 g/mol. The van der Waals surface area contributed by atoms with Crippen LogP contribution in [0.2, 0.25) is 0 Å². The average molecular weight is 284 g/mol. The van der Waals surface area contributed by atoms with E-state index < -0.39 is 0 Å². The van der Waals surface area contributed by atoms with E-state index in [-0.39, 0.29) is 29.3 Å². The molecule has 0 saturated carbocycles. The van der Waals surface area contributed by atoms with Crippen LogP contribution in [0.25, 0.3) is 0 Å². The Morgan fingerprint density at radius 1 is 1.24 bits per heavy atom. The maximum Gasteiger partial charge on any atom is 0.233 e. The van der Waals surface area contributed by atoms with Crippen molar-refractivity contribution in [3.63, 3.8) is 0 Å². The minimum atomic E-state index is -0.266. The fourth-order valence-electron chi connectivity index (χ4n) is 2.32. The Labute approximate surface area is 124 Å². The fourth-order valence-corrected chi connectivity index (χ4v) is 2.32. The largest absolute Gasteiger partial charge is 0.504 e. The van der Waals surface area contributed by atoms with Gasteiger partial charge in [-0.15, -0.1) is 0 Å². The molecule has 1 aromatic heterocycles. The Morgan fingerprint density at radius 2 is 1.95 bits per heavy atom. The molecule has 4 heteroatoms. The van der Waals surface area contributed by atoms with Gasteiger partial charge in [0.15, 0.2) is 11.6 Å². The Kier molecular flexibility index (Phi) is 4.93. The van der Waals surface area contributed by atoms with Gasteiger partial charge in [-0.1, -0.05) is 50.6 Å². The van der Waals surface area contributed by atoms with Crippen LogP contribution in [0, 0.1) is 5.92 Å². The van der Waals surface area contributed by atoms with Gasteiger partial charge in [0.2, 0.25) is 5.91 Å². The topological polar surface area (TPSA) is 62.2 Å². The lowest BCUT2D eigenvalue weighted by Gasteiger charge is -2.22. The Morgan fingerprint density at radius 3 is 2.57 bits per heavy atom. The van der Waals surface area contributed by atoms with Crippen LogP contribution >= 0.6 is 0 Å². The molecule has 2 N–H and O–H groups in total. The van der Waals surface area contributed by atoms with Gasteiger partial charge in [-0.3, -0.25) is 4.79 Å². The number of aromatic nitrogens is 1. The number of hydrogen-bond donors (Lipinski definition) is 2. The minimum absolute atomic E-state index is 0.0261. The van der Waals surface area contributed by atoms with Crippen LogP contribution in [0.1, 0.15) is 31.7 Å². The van der Waals surface area contributed by atoms with E-state index in [0.29, 0.717) is 0 Å². The SMILES string of the molecule is CCC(C)C(C(=O)Nc1ncccc1O)c1ccccc1. The van der Waals surface area contributed by atoms with Crippen LogP contribution in [-0.2, 0) is 4.79 Å². The first-order valence-electron chi connectivity index (χ1n) is 7.13. The molecule has 0 radical (unpaired) electrons. The van der Waals surface area contributed by atoms with Gasteiger partial charge in [0, 0.05) is 6.20 Å². The zero-order chi connectivity index (χ0) is 15.2. The summed E-state index contributed by atoms with van der Waals surface area (Å²) < 4.78 is 0. The maximum atomic E-state index is 12.6. The summed E-state index contributed by atoms with van der Waals surface area (Å²) in [4.78, 5) is 16.6. The van der Waals surface area contributed by atoms with Crippen molar-refractivity contribution in [1.82, 2.24) is 4.98 Å². The molecule has 2 atom stereocenters. The highest BCUT2D eigenvalue weighted by molar-refractivity contribution is 5.96. The lowest BCUT2D eigenvalue weighted by atomic mass is 9.85. The van der Waals surface area contributed by atoms with Gasteiger partial charge >= 0.3 is 0 Å². The minimum Gasteiger partial charge on any atom is -0.504 e. The zero-order valence-electron chi connectivity index (χ0n) is 12.3. The Balaban J connectivity index is 2.25. The Hall–Kier alpha value is -2.36. The molecule has 0 spiro atoms. The van der Waals surface area contributed by atoms with Crippen molar-refractivity contribution in [2.45, 2.75) is 26.2 Å². The molecule has 0 fully saturated rings. The number of anilines is 1. The van der Waals surface area contributed by atoms with Crippen LogP contribution in [0.3, 0.4) is 0 Å². The number of carbonyl (C=O) groups is 1. The summed E-state index contributed by atoms with van der Waals surface area (Å²) in [6, 6.07) is 12.8. The van der Waals surface area contributed by atoms with Crippen LogP contribution in [-0.4, -0.2) is 16.0 Å². The number of benzene rings is 1. The van der Waals surface area contributed by atoms with Crippen molar-refractivity contribution < 1.29 is 9.90 Å². The molecule has 0 saturated heterocycles. The highest BCUT2D eigenvalue weighted by atomic mass is 16.3. The molecule has 0 bridgehead atoms. The molecule has 2 rings (SSSR count). The van der Waals surface area contributed by atoms with Crippen molar-refractivity contribution in [2.75, 3.05) is 5.32 Å². The molecule has 21 heavy (non-hydrogen) atoms. The highest BCUT2D eigenvalue weighted by Gasteiger charge is 2.26. The van der Waals surface area contributed by atoms with Gasteiger partial charge in [0.05, 0.1) is 5.92 Å². The summed E-state index contributed by atoms with van der Waals surface area (Å²) >= 11 is 0. The van der Waals surface area contributed by atoms with E-state index in [4.69, 9.17) is 0 Å². The maximum absolute atomic E-state index is 12.6. The average Bonchev–Trinajstić information content (AvgIpc) is 2.50. The standard InChI is InChI=1S/C17H20N2O2/c1-3-12(2)15(13-8-5-4-6-9-13)17(21)19-16-14(20)10-7-11-18-16/h4-12,15,20H,3H2,1-2H3,(H,18,19,21). The van der Waals surface area contributed by atoms with Gasteiger partial charge in [0.25, 0.3) is 0 Å². The molecule has 1 amide bonds. The second kappa shape index (κ2) is 6.88. The van der Waals surface area contributed by atoms with Crippen molar-refractivity contribution in [2.24, 2.45) is 5.92 Å². The van der Waals surface area contributed by atoms with Gasteiger partial charge in [-0.05, 0) is 23.6 Å². The molecule has 1 aromatic carbocycles. The van der Waals surface area contributed by atoms with E-state index in [9.17, 15) is 9.90 Å². The van der Waals surface area contributed by atoms with Crippen LogP contribution in [0.15, 0.2) is 48.7 Å². The van der Waals surface area contributed by atoms with Crippen molar-refractivity contribution in [1.29, 1.82) is 0 Å². The molecular weight excluding hydrogens is 264 g/mol. The third-order valence-corrected chi connectivity index (χ3v) is 3.68. The fraction of sp³-hybridized carbons (Fsp3) is 0.294. The number of rotatable bonds is 5. The number of nitrogens with one attached hydrogen (secondary N) is 1. The summed E-state index contributed by atoms with van der Waals surface area (Å²) in [6.07, 6.45) is 2.43. The third kappa shape index (κ3) is 3.60. The normalized spacial score (nSPS) is 13.4. The van der Waals surface area contributed by atoms with Gasteiger partial charge in [0.1, 0.15) is 0 Å². The van der Waals surface area contributed by atoms with Gasteiger partial charge in [-0.2, -0.15) is 0 Å². The summed E-state index contributed by atoms with van der Waals surface area (Å²) in [5.41, 5.74) is 0.972. The quantitative estimate of drug-likeness (QED) is 0.882. The first-order valence-corrected chi connectivity index (χ1v) is 7.13. The zero-order valence-corrected chi connectivity index (χ0v) is 12.3. The molecule has 2 unspecified atom stereocenters. The predicted octanol–water partition coefficient (Wildman–Crippen LogP) is 3.56. The number of pyridine rings is 1. The number of carbonyl (C=O) groups excluding carboxylic acids is 1. The molecule has 2 aromatic rings. The number of hydrogen-bond acceptors (Lipinski definition) is 3. The van der Waals surface area contributed by atoms with Gasteiger partial charge in [-0.25, -0.2) is 4.98 Å². The summed E-state index contributed by atoms with van der Waals surface area (Å²) in [5, 5.41) is 12.5. The summed E-state index contributed by atoms with van der Waals surface area (Å²) in [7, 11) is 0. The van der Waals surface area contributed by atoms with E-state index in [2.05, 4.69) is 24.1 Å². The second-order valence-corrected chi connectivity index (χ2v) is 5.13. The number of nitrogens with zero attached hydrogens (tertiary/aromatic N) is 1. The van der Waals surface area contributed by atoms with E-state index >= 15 is 0 Å². The lowest BCUT2D eigenvalue weighted by molar-refractivity contribution is -0.118. The summed E-state index contributed by atoms with van der Waals surface area (Å²) in [6.45, 7) is 4.11. The molecule has 110 valence electrons. The second-order valence-electron chi connectivity index (χ2n) is 5.13. The third-order valence-electron chi connectivity index (χ3n) is 3.68. The van der Waals surface area contributed by atoms with Crippen LogP contribution in [0.4, 0.5) is 5.82 Å².